The monoisotopic (exact) mass is 379 g/mol. The minimum atomic E-state index is -0.563. The van der Waals surface area contributed by atoms with Crippen molar-refractivity contribution in [1.82, 2.24) is 10.2 Å². The molecule has 0 aliphatic carbocycles. The second kappa shape index (κ2) is 11.2. The van der Waals surface area contributed by atoms with E-state index in [0.29, 0.717) is 12.5 Å². The third-order valence-electron chi connectivity index (χ3n) is 5.07. The smallest absolute Gasteiger partial charge is 0.244 e. The van der Waals surface area contributed by atoms with Crippen molar-refractivity contribution in [2.24, 2.45) is 29.0 Å². The van der Waals surface area contributed by atoms with Crippen LogP contribution in [0, 0.1) is 11.8 Å². The zero-order chi connectivity index (χ0) is 20.6. The van der Waals surface area contributed by atoms with E-state index in [1.54, 1.807) is 17.2 Å². The predicted molar refractivity (Wildman–Crippen MR) is 109 cm³/mol. The average Bonchev–Trinajstić information content (AvgIpc) is 2.64. The lowest BCUT2D eigenvalue weighted by Crippen LogP contribution is -2.52. The third-order valence-corrected chi connectivity index (χ3v) is 5.07. The maximum atomic E-state index is 12.7. The molecule has 0 bridgehead atoms. The van der Waals surface area contributed by atoms with E-state index in [1.165, 1.54) is 0 Å². The molecule has 7 heteroatoms. The minimum Gasteiger partial charge on any atom is -0.354 e. The van der Waals surface area contributed by atoms with Crippen LogP contribution in [0.5, 0.6) is 0 Å². The second-order valence-corrected chi connectivity index (χ2v) is 7.92. The summed E-state index contributed by atoms with van der Waals surface area (Å²) in [6.07, 6.45) is 9.02. The van der Waals surface area contributed by atoms with Gasteiger partial charge >= 0.3 is 0 Å². The lowest BCUT2D eigenvalue weighted by atomic mass is 9.96. The summed E-state index contributed by atoms with van der Waals surface area (Å²) >= 11 is 0. The molecular weight excluding hydrogens is 342 g/mol. The maximum Gasteiger partial charge on any atom is 0.244 e. The number of amides is 2. The van der Waals surface area contributed by atoms with Crippen LogP contribution in [0.4, 0.5) is 0 Å². The van der Waals surface area contributed by atoms with Crippen molar-refractivity contribution in [3.63, 3.8) is 0 Å². The molecule has 7 nitrogen and oxygen atoms in total. The number of carbonyl (C=O) groups excluding carboxylic acids is 2. The standard InChI is InChI=1S/C20H37N5O2/c1-5-14(4)19(23)20(27)25-9-7-6-8-15(25)12-24-18(26)11-17(22)16(21)10-13(2)3/h6-9,13-17,19H,5,10-12,21-23H2,1-4H3,(H,24,26)/t14-,15?,16-,17-,19-/m0/s1. The first-order valence-electron chi connectivity index (χ1n) is 9.87. The first-order chi connectivity index (χ1) is 12.7. The Bertz CT molecular complexity index is 546. The highest BCUT2D eigenvalue weighted by molar-refractivity contribution is 5.84. The molecule has 0 radical (unpaired) electrons. The van der Waals surface area contributed by atoms with Gasteiger partial charge in [0.15, 0.2) is 0 Å². The van der Waals surface area contributed by atoms with Crippen molar-refractivity contribution in [2.45, 2.75) is 71.1 Å². The van der Waals surface area contributed by atoms with Crippen LogP contribution in [0.2, 0.25) is 0 Å². The summed E-state index contributed by atoms with van der Waals surface area (Å²) in [5, 5.41) is 2.86. The highest BCUT2D eigenvalue weighted by atomic mass is 16.2. The van der Waals surface area contributed by atoms with E-state index < -0.39 is 6.04 Å². The molecule has 1 aliphatic heterocycles. The van der Waals surface area contributed by atoms with Crippen LogP contribution in [0.25, 0.3) is 0 Å². The Balaban J connectivity index is 2.58. The van der Waals surface area contributed by atoms with Gasteiger partial charge in [0.2, 0.25) is 11.8 Å². The van der Waals surface area contributed by atoms with Crippen molar-refractivity contribution < 1.29 is 9.59 Å². The largest absolute Gasteiger partial charge is 0.354 e. The van der Waals surface area contributed by atoms with Crippen LogP contribution in [0.1, 0.15) is 47.0 Å². The van der Waals surface area contributed by atoms with Crippen LogP contribution < -0.4 is 22.5 Å². The number of rotatable bonds is 10. The lowest BCUT2D eigenvalue weighted by Gasteiger charge is -2.32. The number of hydrogen-bond acceptors (Lipinski definition) is 5. The van der Waals surface area contributed by atoms with E-state index in [9.17, 15) is 9.59 Å². The van der Waals surface area contributed by atoms with Crippen LogP contribution in [0.15, 0.2) is 24.4 Å². The molecule has 0 saturated carbocycles. The molecule has 1 aliphatic rings. The summed E-state index contributed by atoms with van der Waals surface area (Å²) in [5.74, 6) is 0.221. The van der Waals surface area contributed by atoms with Crippen LogP contribution in [-0.2, 0) is 9.59 Å². The van der Waals surface area contributed by atoms with E-state index >= 15 is 0 Å². The molecular formula is C20H37N5O2. The molecule has 0 saturated heterocycles. The second-order valence-electron chi connectivity index (χ2n) is 7.92. The fourth-order valence-electron chi connectivity index (χ4n) is 2.99. The summed E-state index contributed by atoms with van der Waals surface area (Å²) in [6, 6.07) is -1.42. The molecule has 1 rings (SSSR count). The summed E-state index contributed by atoms with van der Waals surface area (Å²) < 4.78 is 0. The van der Waals surface area contributed by atoms with E-state index in [0.717, 1.165) is 12.8 Å². The van der Waals surface area contributed by atoms with E-state index in [-0.39, 0.29) is 42.3 Å². The number of allylic oxidation sites excluding steroid dienone is 2. The molecule has 2 amide bonds. The van der Waals surface area contributed by atoms with Crippen molar-refractivity contribution in [3.8, 4) is 0 Å². The first kappa shape index (κ1) is 23.3. The zero-order valence-electron chi connectivity index (χ0n) is 17.1. The van der Waals surface area contributed by atoms with Crippen LogP contribution in [0.3, 0.4) is 0 Å². The van der Waals surface area contributed by atoms with Gasteiger partial charge in [-0.15, -0.1) is 0 Å². The number of nitrogens with zero attached hydrogens (tertiary/aromatic N) is 1. The molecule has 27 heavy (non-hydrogen) atoms. The van der Waals surface area contributed by atoms with Gasteiger partial charge in [0, 0.05) is 31.2 Å². The fourth-order valence-corrected chi connectivity index (χ4v) is 2.99. The third kappa shape index (κ3) is 7.44. The normalized spacial score (nSPS) is 21.0. The molecule has 0 aromatic heterocycles. The molecule has 0 spiro atoms. The van der Waals surface area contributed by atoms with E-state index in [1.807, 2.05) is 26.0 Å². The Labute approximate surface area is 163 Å². The summed E-state index contributed by atoms with van der Waals surface area (Å²) in [4.78, 5) is 26.5. The summed E-state index contributed by atoms with van der Waals surface area (Å²) in [5.41, 5.74) is 18.2. The number of nitrogens with one attached hydrogen (secondary N) is 1. The maximum absolute atomic E-state index is 12.7. The summed E-state index contributed by atoms with van der Waals surface area (Å²) in [7, 11) is 0. The van der Waals surface area contributed by atoms with Crippen molar-refractivity contribution in [1.29, 1.82) is 0 Å². The Morgan fingerprint density at radius 2 is 1.78 bits per heavy atom. The topological polar surface area (TPSA) is 127 Å². The molecule has 154 valence electrons. The molecule has 1 heterocycles. The van der Waals surface area contributed by atoms with Gasteiger partial charge in [-0.3, -0.25) is 9.59 Å². The molecule has 0 aromatic rings. The Morgan fingerprint density at radius 3 is 2.37 bits per heavy atom. The zero-order valence-corrected chi connectivity index (χ0v) is 17.1. The van der Waals surface area contributed by atoms with Crippen molar-refractivity contribution in [2.75, 3.05) is 6.54 Å². The number of carbonyl (C=O) groups is 2. The van der Waals surface area contributed by atoms with E-state index in [4.69, 9.17) is 17.2 Å². The Hall–Kier alpha value is -1.70. The number of nitrogens with two attached hydrogens (primary N) is 3. The molecule has 7 N–H and O–H groups in total. The molecule has 0 aromatic carbocycles. The van der Waals surface area contributed by atoms with Crippen molar-refractivity contribution >= 4 is 11.8 Å². The van der Waals surface area contributed by atoms with Gasteiger partial charge in [-0.1, -0.05) is 46.3 Å². The van der Waals surface area contributed by atoms with Gasteiger partial charge < -0.3 is 27.4 Å². The SMILES string of the molecule is CC[C@H](C)[C@H](N)C(=O)N1C=CC=CC1CNC(=O)C[C@H](N)[C@@H](N)CC(C)C. The molecule has 1 unspecified atom stereocenters. The van der Waals surface area contributed by atoms with Gasteiger partial charge in [-0.2, -0.15) is 0 Å². The predicted octanol–water partition coefficient (Wildman–Crippen LogP) is 0.848. The lowest BCUT2D eigenvalue weighted by molar-refractivity contribution is -0.133. The minimum absolute atomic E-state index is 0.0903. The van der Waals surface area contributed by atoms with Gasteiger partial charge in [-0.05, 0) is 24.3 Å². The molecule has 0 fully saturated rings. The van der Waals surface area contributed by atoms with Gasteiger partial charge in [0.25, 0.3) is 0 Å². The quantitative estimate of drug-likeness (QED) is 0.447. The van der Waals surface area contributed by atoms with E-state index in [2.05, 4.69) is 19.2 Å². The molecule has 5 atom stereocenters. The van der Waals surface area contributed by atoms with Gasteiger partial charge in [0.1, 0.15) is 0 Å². The van der Waals surface area contributed by atoms with Crippen molar-refractivity contribution in [3.05, 3.63) is 24.4 Å². The van der Waals surface area contributed by atoms with Crippen LogP contribution in [-0.4, -0.2) is 47.4 Å². The van der Waals surface area contributed by atoms with Gasteiger partial charge in [0.05, 0.1) is 12.1 Å². The van der Waals surface area contributed by atoms with Crippen LogP contribution >= 0.6 is 0 Å². The first-order valence-corrected chi connectivity index (χ1v) is 9.87. The highest BCUT2D eigenvalue weighted by Gasteiger charge is 2.29. The average molecular weight is 380 g/mol. The summed E-state index contributed by atoms with van der Waals surface area (Å²) in [6.45, 7) is 8.43. The fraction of sp³-hybridized carbons (Fsp3) is 0.700. The Morgan fingerprint density at radius 1 is 1.11 bits per heavy atom. The number of hydrogen-bond donors (Lipinski definition) is 4. The highest BCUT2D eigenvalue weighted by Crippen LogP contribution is 2.14. The Kier molecular flexibility index (Phi) is 9.69. The van der Waals surface area contributed by atoms with Gasteiger partial charge in [-0.25, -0.2) is 0 Å².